The molecule has 0 aromatic heterocycles. The average molecular weight is 237 g/mol. The van der Waals surface area contributed by atoms with E-state index in [0.717, 1.165) is 12.0 Å². The molecule has 0 aromatic carbocycles. The molecule has 0 spiro atoms. The van der Waals surface area contributed by atoms with E-state index in [1.54, 1.807) is 0 Å². The number of piperazine rings is 1. The Balaban J connectivity index is 1.45. The van der Waals surface area contributed by atoms with Crippen LogP contribution in [0.1, 0.15) is 32.1 Å². The Morgan fingerprint density at radius 3 is 2.59 bits per heavy atom. The van der Waals surface area contributed by atoms with Gasteiger partial charge in [-0.25, -0.2) is 0 Å². The maximum atomic E-state index is 3.43. The Hall–Kier alpha value is -0.120. The van der Waals surface area contributed by atoms with Gasteiger partial charge in [0, 0.05) is 45.3 Å². The molecular formula is C14H27N3. The number of rotatable bonds is 3. The van der Waals surface area contributed by atoms with Crippen molar-refractivity contribution in [2.45, 2.75) is 38.1 Å². The van der Waals surface area contributed by atoms with E-state index in [2.05, 4.69) is 15.1 Å². The number of nitrogens with one attached hydrogen (secondary N) is 1. The lowest BCUT2D eigenvalue weighted by Gasteiger charge is -2.34. The molecule has 2 unspecified atom stereocenters. The van der Waals surface area contributed by atoms with Crippen LogP contribution in [0.5, 0.6) is 0 Å². The van der Waals surface area contributed by atoms with Gasteiger partial charge in [-0.05, 0) is 31.7 Å². The van der Waals surface area contributed by atoms with Crippen molar-refractivity contribution in [2.24, 2.45) is 5.92 Å². The van der Waals surface area contributed by atoms with Gasteiger partial charge in [-0.1, -0.05) is 12.8 Å². The summed E-state index contributed by atoms with van der Waals surface area (Å²) < 4.78 is 0. The van der Waals surface area contributed by atoms with Crippen LogP contribution in [0.2, 0.25) is 0 Å². The van der Waals surface area contributed by atoms with Crippen LogP contribution in [-0.4, -0.2) is 61.7 Å². The van der Waals surface area contributed by atoms with E-state index in [4.69, 9.17) is 0 Å². The lowest BCUT2D eigenvalue weighted by Crippen LogP contribution is -2.47. The zero-order valence-electron chi connectivity index (χ0n) is 11.0. The van der Waals surface area contributed by atoms with Gasteiger partial charge in [0.1, 0.15) is 0 Å². The standard InChI is InChI=1S/C14H27N3/c1-2-4-14-13(3-1)5-8-17(14)12-11-16-9-6-15-7-10-16/h13-15H,1-12H2. The van der Waals surface area contributed by atoms with Gasteiger partial charge in [0.2, 0.25) is 0 Å². The molecule has 2 atom stereocenters. The first-order chi connectivity index (χ1) is 8.43. The van der Waals surface area contributed by atoms with Crippen molar-refractivity contribution >= 4 is 0 Å². The minimum Gasteiger partial charge on any atom is -0.314 e. The molecule has 0 bridgehead atoms. The first kappa shape index (κ1) is 11.9. The third kappa shape index (κ3) is 2.83. The van der Waals surface area contributed by atoms with Gasteiger partial charge in [-0.3, -0.25) is 9.80 Å². The van der Waals surface area contributed by atoms with Crippen molar-refractivity contribution in [1.29, 1.82) is 0 Å². The largest absolute Gasteiger partial charge is 0.314 e. The van der Waals surface area contributed by atoms with Crippen LogP contribution in [0.15, 0.2) is 0 Å². The lowest BCUT2D eigenvalue weighted by molar-refractivity contribution is 0.149. The Bertz CT molecular complexity index is 238. The Morgan fingerprint density at radius 1 is 0.882 bits per heavy atom. The molecule has 1 aliphatic carbocycles. The third-order valence-corrected chi connectivity index (χ3v) is 5.04. The second-order valence-electron chi connectivity index (χ2n) is 6.03. The fourth-order valence-corrected chi connectivity index (χ4v) is 3.99. The van der Waals surface area contributed by atoms with E-state index in [-0.39, 0.29) is 0 Å². The highest BCUT2D eigenvalue weighted by molar-refractivity contribution is 4.90. The zero-order chi connectivity index (χ0) is 11.5. The van der Waals surface area contributed by atoms with E-state index in [0.29, 0.717) is 0 Å². The maximum Gasteiger partial charge on any atom is 0.0124 e. The molecule has 1 N–H and O–H groups in total. The van der Waals surface area contributed by atoms with Gasteiger partial charge >= 0.3 is 0 Å². The molecular weight excluding hydrogens is 210 g/mol. The van der Waals surface area contributed by atoms with E-state index < -0.39 is 0 Å². The summed E-state index contributed by atoms with van der Waals surface area (Å²) in [5.74, 6) is 1.05. The van der Waals surface area contributed by atoms with Crippen molar-refractivity contribution < 1.29 is 0 Å². The van der Waals surface area contributed by atoms with E-state index in [1.165, 1.54) is 77.9 Å². The van der Waals surface area contributed by atoms with Gasteiger partial charge in [0.25, 0.3) is 0 Å². The smallest absolute Gasteiger partial charge is 0.0124 e. The van der Waals surface area contributed by atoms with E-state index in [9.17, 15) is 0 Å². The molecule has 3 aliphatic rings. The molecule has 3 heteroatoms. The van der Waals surface area contributed by atoms with E-state index in [1.807, 2.05) is 0 Å². The topological polar surface area (TPSA) is 18.5 Å². The van der Waals surface area contributed by atoms with Crippen LogP contribution >= 0.6 is 0 Å². The SMILES string of the molecule is C1CCC2C(C1)CCN2CCN1CCNCC1. The fourth-order valence-electron chi connectivity index (χ4n) is 3.99. The highest BCUT2D eigenvalue weighted by Gasteiger charge is 2.35. The second-order valence-corrected chi connectivity index (χ2v) is 6.03. The predicted octanol–water partition coefficient (Wildman–Crippen LogP) is 1.16. The van der Waals surface area contributed by atoms with Crippen molar-refractivity contribution in [3.63, 3.8) is 0 Å². The van der Waals surface area contributed by atoms with Crippen molar-refractivity contribution in [2.75, 3.05) is 45.8 Å². The monoisotopic (exact) mass is 237 g/mol. The molecule has 3 nitrogen and oxygen atoms in total. The first-order valence-corrected chi connectivity index (χ1v) is 7.60. The molecule has 1 saturated carbocycles. The molecule has 98 valence electrons. The molecule has 2 saturated heterocycles. The van der Waals surface area contributed by atoms with Crippen LogP contribution in [-0.2, 0) is 0 Å². The summed E-state index contributed by atoms with van der Waals surface area (Å²) in [6.45, 7) is 8.87. The molecule has 3 fully saturated rings. The lowest BCUT2D eigenvalue weighted by atomic mass is 9.85. The summed E-state index contributed by atoms with van der Waals surface area (Å²) in [5.41, 5.74) is 0. The zero-order valence-corrected chi connectivity index (χ0v) is 11.0. The van der Waals surface area contributed by atoms with Gasteiger partial charge < -0.3 is 5.32 Å². The second kappa shape index (κ2) is 5.68. The number of nitrogens with zero attached hydrogens (tertiary/aromatic N) is 2. The van der Waals surface area contributed by atoms with Gasteiger partial charge in [-0.15, -0.1) is 0 Å². The molecule has 3 rings (SSSR count). The van der Waals surface area contributed by atoms with Crippen LogP contribution in [0.3, 0.4) is 0 Å². The molecule has 2 heterocycles. The molecule has 17 heavy (non-hydrogen) atoms. The molecule has 0 amide bonds. The van der Waals surface area contributed by atoms with Gasteiger partial charge in [-0.2, -0.15) is 0 Å². The fraction of sp³-hybridized carbons (Fsp3) is 1.00. The highest BCUT2D eigenvalue weighted by Crippen LogP contribution is 2.35. The minimum absolute atomic E-state index is 0.951. The average Bonchev–Trinajstić information content (AvgIpc) is 2.81. The van der Waals surface area contributed by atoms with Crippen LogP contribution in [0, 0.1) is 5.92 Å². The van der Waals surface area contributed by atoms with Crippen molar-refractivity contribution in [3.05, 3.63) is 0 Å². The quantitative estimate of drug-likeness (QED) is 0.794. The maximum absolute atomic E-state index is 3.43. The minimum atomic E-state index is 0.951. The van der Waals surface area contributed by atoms with Crippen LogP contribution < -0.4 is 5.32 Å². The van der Waals surface area contributed by atoms with Gasteiger partial charge in [0.15, 0.2) is 0 Å². The van der Waals surface area contributed by atoms with Crippen LogP contribution in [0.25, 0.3) is 0 Å². The highest BCUT2D eigenvalue weighted by atomic mass is 15.2. The van der Waals surface area contributed by atoms with E-state index >= 15 is 0 Å². The summed E-state index contributed by atoms with van der Waals surface area (Å²) in [7, 11) is 0. The molecule has 0 radical (unpaired) electrons. The molecule has 0 aromatic rings. The molecule has 2 aliphatic heterocycles. The Labute approximate surface area is 106 Å². The normalized spacial score (nSPS) is 36.0. The Kier molecular flexibility index (Phi) is 3.99. The van der Waals surface area contributed by atoms with Crippen LogP contribution in [0.4, 0.5) is 0 Å². The Morgan fingerprint density at radius 2 is 1.71 bits per heavy atom. The summed E-state index contributed by atoms with van der Waals surface area (Å²) in [6.07, 6.45) is 7.44. The van der Waals surface area contributed by atoms with Crippen molar-refractivity contribution in [1.82, 2.24) is 15.1 Å². The van der Waals surface area contributed by atoms with Gasteiger partial charge in [0.05, 0.1) is 0 Å². The number of fused-ring (bicyclic) bond motifs is 1. The number of hydrogen-bond donors (Lipinski definition) is 1. The summed E-state index contributed by atoms with van der Waals surface area (Å²) in [4.78, 5) is 5.43. The van der Waals surface area contributed by atoms with Crippen molar-refractivity contribution in [3.8, 4) is 0 Å². The summed E-state index contributed by atoms with van der Waals surface area (Å²) in [5, 5.41) is 3.43. The first-order valence-electron chi connectivity index (χ1n) is 7.60. The number of likely N-dealkylation sites (tertiary alicyclic amines) is 1. The number of hydrogen-bond acceptors (Lipinski definition) is 3. The third-order valence-electron chi connectivity index (χ3n) is 5.04. The summed E-state index contributed by atoms with van der Waals surface area (Å²) >= 11 is 0. The predicted molar refractivity (Wildman–Crippen MR) is 71.2 cm³/mol. The summed E-state index contributed by atoms with van der Waals surface area (Å²) in [6, 6.07) is 0.951.